The summed E-state index contributed by atoms with van der Waals surface area (Å²) >= 11 is 3.35. The summed E-state index contributed by atoms with van der Waals surface area (Å²) < 4.78 is 2.77. The minimum absolute atomic E-state index is 0.0302. The average Bonchev–Trinajstić information content (AvgIpc) is 3.25. The Labute approximate surface area is 172 Å². The molecule has 0 radical (unpaired) electrons. The Morgan fingerprint density at radius 2 is 2.14 bits per heavy atom. The number of amides is 1. The molecule has 1 saturated heterocycles. The molecule has 0 bridgehead atoms. The summed E-state index contributed by atoms with van der Waals surface area (Å²) in [6.45, 7) is 2.52. The lowest BCUT2D eigenvalue weighted by molar-refractivity contribution is -0.121. The summed E-state index contributed by atoms with van der Waals surface area (Å²) in [4.78, 5) is 27.7. The van der Waals surface area contributed by atoms with E-state index in [1.54, 1.807) is 24.8 Å². The molecule has 1 fully saturated rings. The third-order valence-electron chi connectivity index (χ3n) is 4.84. The van der Waals surface area contributed by atoms with Crippen LogP contribution in [0.2, 0.25) is 0 Å². The molecule has 1 aliphatic rings. The van der Waals surface area contributed by atoms with Gasteiger partial charge in [-0.05, 0) is 59.1 Å². The minimum Gasteiger partial charge on any atom is -0.310 e. The summed E-state index contributed by atoms with van der Waals surface area (Å²) in [7, 11) is 0. The number of aromatic nitrogens is 4. The Kier molecular flexibility index (Phi) is 5.78. The number of hydrogen-bond donors (Lipinski definition) is 1. The van der Waals surface area contributed by atoms with Gasteiger partial charge in [-0.1, -0.05) is 6.07 Å². The smallest absolute Gasteiger partial charge is 0.229 e. The quantitative estimate of drug-likeness (QED) is 0.658. The van der Waals surface area contributed by atoms with Crippen LogP contribution in [0.15, 0.2) is 59.9 Å². The highest BCUT2D eigenvalue weighted by molar-refractivity contribution is 9.10. The predicted molar refractivity (Wildman–Crippen MR) is 110 cm³/mol. The Balaban J connectivity index is 1.34. The minimum atomic E-state index is -0.0302. The molecule has 1 N–H and O–H groups in total. The van der Waals surface area contributed by atoms with E-state index >= 15 is 0 Å². The molecule has 0 aliphatic carbocycles. The number of nitrogens with zero attached hydrogens (tertiary/aromatic N) is 5. The van der Waals surface area contributed by atoms with Crippen molar-refractivity contribution in [1.29, 1.82) is 0 Å². The van der Waals surface area contributed by atoms with Crippen LogP contribution in [0, 0.1) is 5.92 Å². The van der Waals surface area contributed by atoms with E-state index in [2.05, 4.69) is 47.2 Å². The monoisotopic (exact) mass is 440 g/mol. The van der Waals surface area contributed by atoms with Gasteiger partial charge >= 0.3 is 0 Å². The maximum atomic E-state index is 12.6. The molecule has 3 aromatic heterocycles. The van der Waals surface area contributed by atoms with Crippen molar-refractivity contribution >= 4 is 27.7 Å². The standard InChI is InChI=1S/C20H21BrN6O/c21-17-4-5-18(23-11-17)25-20(28)16-2-1-8-26(13-16)12-15-3-6-19(24-10-15)27-9-7-22-14-27/h3-7,9-11,14,16H,1-2,8,12-13H2,(H,23,25,28)/t16-/m1/s1. The van der Waals surface area contributed by atoms with Crippen LogP contribution in [0.3, 0.4) is 0 Å². The van der Waals surface area contributed by atoms with E-state index in [1.165, 1.54) is 0 Å². The highest BCUT2D eigenvalue weighted by Gasteiger charge is 2.26. The molecule has 144 valence electrons. The summed E-state index contributed by atoms with van der Waals surface area (Å²) in [6.07, 6.45) is 10.8. The molecule has 4 heterocycles. The third-order valence-corrected chi connectivity index (χ3v) is 5.31. The van der Waals surface area contributed by atoms with E-state index in [9.17, 15) is 4.79 Å². The Hall–Kier alpha value is -2.58. The van der Waals surface area contributed by atoms with Crippen LogP contribution in [-0.4, -0.2) is 43.4 Å². The van der Waals surface area contributed by atoms with Crippen molar-refractivity contribution in [1.82, 2.24) is 24.4 Å². The van der Waals surface area contributed by atoms with Gasteiger partial charge in [-0.3, -0.25) is 14.3 Å². The molecule has 1 aliphatic heterocycles. The number of nitrogens with one attached hydrogen (secondary N) is 1. The van der Waals surface area contributed by atoms with Crippen molar-refractivity contribution < 1.29 is 4.79 Å². The average molecular weight is 441 g/mol. The molecule has 0 aromatic carbocycles. The number of likely N-dealkylation sites (tertiary alicyclic amines) is 1. The van der Waals surface area contributed by atoms with Crippen molar-refractivity contribution in [3.05, 3.63) is 65.4 Å². The van der Waals surface area contributed by atoms with Crippen molar-refractivity contribution in [3.63, 3.8) is 0 Å². The molecule has 3 aromatic rings. The van der Waals surface area contributed by atoms with E-state index < -0.39 is 0 Å². The van der Waals surface area contributed by atoms with Gasteiger partial charge < -0.3 is 5.32 Å². The molecule has 1 amide bonds. The third kappa shape index (κ3) is 4.63. The fourth-order valence-electron chi connectivity index (χ4n) is 3.41. The molecular weight excluding hydrogens is 420 g/mol. The molecule has 8 heteroatoms. The van der Waals surface area contributed by atoms with Crippen molar-refractivity contribution in [3.8, 4) is 5.82 Å². The number of piperidine rings is 1. The van der Waals surface area contributed by atoms with E-state index in [4.69, 9.17) is 0 Å². The van der Waals surface area contributed by atoms with Gasteiger partial charge in [0.2, 0.25) is 5.91 Å². The van der Waals surface area contributed by atoms with Gasteiger partial charge in [0.05, 0.1) is 5.92 Å². The molecule has 0 spiro atoms. The normalized spacial score (nSPS) is 17.4. The highest BCUT2D eigenvalue weighted by atomic mass is 79.9. The molecule has 28 heavy (non-hydrogen) atoms. The maximum Gasteiger partial charge on any atom is 0.229 e. The molecule has 1 atom stereocenters. The van der Waals surface area contributed by atoms with Crippen molar-refractivity contribution in [2.45, 2.75) is 19.4 Å². The summed E-state index contributed by atoms with van der Waals surface area (Å²) in [5, 5.41) is 2.93. The Morgan fingerprint density at radius 3 is 2.86 bits per heavy atom. The fraction of sp³-hybridized carbons (Fsp3) is 0.300. The van der Waals surface area contributed by atoms with Gasteiger partial charge in [0.25, 0.3) is 0 Å². The number of imidazole rings is 1. The lowest BCUT2D eigenvalue weighted by Gasteiger charge is -2.31. The number of carbonyl (C=O) groups excluding carboxylic acids is 1. The van der Waals surface area contributed by atoms with Crippen LogP contribution in [0.5, 0.6) is 0 Å². The predicted octanol–water partition coefficient (Wildman–Crippen LogP) is 3.28. The fourth-order valence-corrected chi connectivity index (χ4v) is 3.64. The second-order valence-electron chi connectivity index (χ2n) is 6.92. The first-order valence-electron chi connectivity index (χ1n) is 9.25. The highest BCUT2D eigenvalue weighted by Crippen LogP contribution is 2.20. The zero-order valence-corrected chi connectivity index (χ0v) is 16.9. The van der Waals surface area contributed by atoms with E-state index in [1.807, 2.05) is 29.1 Å². The van der Waals surface area contributed by atoms with Crippen LogP contribution in [0.4, 0.5) is 5.82 Å². The first-order valence-corrected chi connectivity index (χ1v) is 10.0. The maximum absolute atomic E-state index is 12.6. The van der Waals surface area contributed by atoms with Gasteiger partial charge in [0.1, 0.15) is 18.0 Å². The molecule has 0 saturated carbocycles. The molecule has 0 unspecified atom stereocenters. The van der Waals surface area contributed by atoms with Crippen molar-refractivity contribution in [2.24, 2.45) is 5.92 Å². The second-order valence-corrected chi connectivity index (χ2v) is 7.84. The van der Waals surface area contributed by atoms with Gasteiger partial charge in [-0.25, -0.2) is 15.0 Å². The zero-order valence-electron chi connectivity index (χ0n) is 15.3. The topological polar surface area (TPSA) is 75.9 Å². The lowest BCUT2D eigenvalue weighted by Crippen LogP contribution is -2.40. The lowest BCUT2D eigenvalue weighted by atomic mass is 9.96. The van der Waals surface area contributed by atoms with E-state index in [-0.39, 0.29) is 11.8 Å². The summed E-state index contributed by atoms with van der Waals surface area (Å²) in [5.74, 6) is 1.44. The number of pyridine rings is 2. The van der Waals surface area contributed by atoms with Crippen LogP contribution in [-0.2, 0) is 11.3 Å². The van der Waals surface area contributed by atoms with Crippen LogP contribution >= 0.6 is 15.9 Å². The van der Waals surface area contributed by atoms with Gasteiger partial charge in [0, 0.05) is 42.3 Å². The largest absolute Gasteiger partial charge is 0.310 e. The first-order chi connectivity index (χ1) is 13.7. The number of carbonyl (C=O) groups is 1. The van der Waals surface area contributed by atoms with Gasteiger partial charge in [-0.15, -0.1) is 0 Å². The van der Waals surface area contributed by atoms with Crippen LogP contribution < -0.4 is 5.32 Å². The number of halogens is 1. The van der Waals surface area contributed by atoms with E-state index in [0.717, 1.165) is 48.3 Å². The Bertz CT molecular complexity index is 911. The number of anilines is 1. The Morgan fingerprint density at radius 1 is 1.21 bits per heavy atom. The van der Waals surface area contributed by atoms with E-state index in [0.29, 0.717) is 5.82 Å². The van der Waals surface area contributed by atoms with Crippen LogP contribution in [0.1, 0.15) is 18.4 Å². The van der Waals surface area contributed by atoms with Gasteiger partial charge in [-0.2, -0.15) is 0 Å². The summed E-state index contributed by atoms with van der Waals surface area (Å²) in [6, 6.07) is 7.74. The summed E-state index contributed by atoms with van der Waals surface area (Å²) in [5.41, 5.74) is 1.14. The molecule has 4 rings (SSSR count). The molecular formula is C20H21BrN6O. The van der Waals surface area contributed by atoms with Gasteiger partial charge in [0.15, 0.2) is 0 Å². The van der Waals surface area contributed by atoms with Crippen molar-refractivity contribution in [2.75, 3.05) is 18.4 Å². The SMILES string of the molecule is O=C(Nc1ccc(Br)cn1)[C@@H]1CCCN(Cc2ccc(-n3ccnc3)nc2)C1. The zero-order chi connectivity index (χ0) is 19.3. The first kappa shape index (κ1) is 18.8. The molecule has 7 nitrogen and oxygen atoms in total. The number of rotatable bonds is 5. The van der Waals surface area contributed by atoms with Crippen LogP contribution in [0.25, 0.3) is 5.82 Å². The number of hydrogen-bond acceptors (Lipinski definition) is 5. The second kappa shape index (κ2) is 8.62.